The van der Waals surface area contributed by atoms with Crippen LogP contribution in [0.4, 0.5) is 34.1 Å². The van der Waals surface area contributed by atoms with E-state index in [1.54, 1.807) is 0 Å². The molecule has 1 aromatic heterocycles. The number of hydrogen-bond acceptors (Lipinski definition) is 3. The minimum Gasteiger partial charge on any atom is -0.311 e. The van der Waals surface area contributed by atoms with Crippen LogP contribution in [0.1, 0.15) is 84.6 Å². The predicted molar refractivity (Wildman–Crippen MR) is 300 cm³/mol. The van der Waals surface area contributed by atoms with Crippen LogP contribution in [0.25, 0.3) is 43.5 Å². The first-order valence-electron chi connectivity index (χ1n) is 26.2. The Kier molecular flexibility index (Phi) is 8.01. The number of fused-ring (bicyclic) bond motifs is 16. The van der Waals surface area contributed by atoms with Crippen molar-refractivity contribution in [3.8, 4) is 33.4 Å². The summed E-state index contributed by atoms with van der Waals surface area (Å²) in [6.07, 6.45) is 0. The highest BCUT2D eigenvalue weighted by Gasteiger charge is 2.53. The lowest BCUT2D eigenvalue weighted by molar-refractivity contribution is 0.572. The molecule has 0 fully saturated rings. The molecule has 0 radical (unpaired) electrons. The van der Waals surface area contributed by atoms with E-state index in [0.29, 0.717) is 5.56 Å². The summed E-state index contributed by atoms with van der Waals surface area (Å²) in [5.74, 6) is 0. The number of rotatable bonds is 3. The SMILES string of the molecule is [2H]C([2H])([2H])c1cc2c3c(c1)N(c1ccccc1)c1c(sc4cc5c(cc14)-c1ccccc1C51c4ccccc4-c4ccccc41)B3c1ccc(-c3c(C(C)(C)C)cccc3C(C)(C)C)cc1N2c1ccccc1. The van der Waals surface area contributed by atoms with Crippen molar-refractivity contribution in [3.05, 3.63) is 233 Å². The molecule has 3 heterocycles. The van der Waals surface area contributed by atoms with Gasteiger partial charge in [0.2, 0.25) is 0 Å². The minimum atomic E-state index is -2.38. The van der Waals surface area contributed by atoms with Crippen molar-refractivity contribution >= 4 is 78.0 Å². The van der Waals surface area contributed by atoms with Crippen molar-refractivity contribution in [3.63, 3.8) is 0 Å². The van der Waals surface area contributed by atoms with Crippen LogP contribution < -0.4 is 25.5 Å². The van der Waals surface area contributed by atoms with Crippen molar-refractivity contribution in [2.75, 3.05) is 9.80 Å². The maximum atomic E-state index is 9.11. The Morgan fingerprint density at radius 3 is 1.59 bits per heavy atom. The molecule has 0 unspecified atom stereocenters. The van der Waals surface area contributed by atoms with Gasteiger partial charge in [0.15, 0.2) is 0 Å². The molecule has 10 aromatic rings. The zero-order valence-electron chi connectivity index (χ0n) is 43.4. The highest BCUT2D eigenvalue weighted by Crippen LogP contribution is 2.64. The van der Waals surface area contributed by atoms with E-state index in [2.05, 4.69) is 233 Å². The molecule has 0 saturated carbocycles. The minimum absolute atomic E-state index is 0.125. The lowest BCUT2D eigenvalue weighted by Crippen LogP contribution is -2.60. The third kappa shape index (κ3) is 5.57. The van der Waals surface area contributed by atoms with E-state index in [0.717, 1.165) is 50.5 Å². The van der Waals surface area contributed by atoms with Crippen LogP contribution >= 0.6 is 11.3 Å². The Labute approximate surface area is 420 Å². The van der Waals surface area contributed by atoms with Gasteiger partial charge in [-0.1, -0.05) is 181 Å². The van der Waals surface area contributed by atoms with Crippen LogP contribution in [0.5, 0.6) is 0 Å². The van der Waals surface area contributed by atoms with Crippen LogP contribution in [-0.2, 0) is 16.2 Å². The molecule has 336 valence electrons. The fraction of sp³-hybridized carbons (Fsp3) is 0.152. The van der Waals surface area contributed by atoms with Gasteiger partial charge in [-0.3, -0.25) is 0 Å². The summed E-state index contributed by atoms with van der Waals surface area (Å²) in [5.41, 5.74) is 23.2. The molecule has 0 bridgehead atoms. The van der Waals surface area contributed by atoms with Crippen molar-refractivity contribution in [1.82, 2.24) is 0 Å². The van der Waals surface area contributed by atoms with Crippen LogP contribution in [0.15, 0.2) is 194 Å². The van der Waals surface area contributed by atoms with E-state index in [1.807, 2.05) is 23.5 Å². The molecule has 4 heteroatoms. The van der Waals surface area contributed by atoms with Crippen LogP contribution in [0.3, 0.4) is 0 Å². The average molecular weight is 920 g/mol. The Bertz CT molecular complexity index is 3870. The van der Waals surface area contributed by atoms with E-state index < -0.39 is 12.3 Å². The number of hydrogen-bond donors (Lipinski definition) is 0. The molecule has 9 aromatic carbocycles. The zero-order valence-corrected chi connectivity index (χ0v) is 41.2. The number of benzene rings is 9. The van der Waals surface area contributed by atoms with Gasteiger partial charge in [0, 0.05) is 47.4 Å². The fourth-order valence-corrected chi connectivity index (χ4v) is 14.4. The third-order valence-electron chi connectivity index (χ3n) is 15.8. The molecule has 2 aliphatic carbocycles. The van der Waals surface area contributed by atoms with Crippen molar-refractivity contribution in [1.29, 1.82) is 0 Å². The monoisotopic (exact) mass is 919 g/mol. The first-order chi connectivity index (χ1) is 35.1. The van der Waals surface area contributed by atoms with E-state index in [9.17, 15) is 0 Å². The van der Waals surface area contributed by atoms with Gasteiger partial charge in [-0.2, -0.15) is 0 Å². The Balaban J connectivity index is 1.11. The van der Waals surface area contributed by atoms with Gasteiger partial charge in [0.25, 0.3) is 6.71 Å². The highest BCUT2D eigenvalue weighted by atomic mass is 32.1. The molecule has 0 amide bonds. The summed E-state index contributed by atoms with van der Waals surface area (Å²) in [4.78, 5) is 4.74. The molecule has 2 nitrogen and oxygen atoms in total. The van der Waals surface area contributed by atoms with E-state index >= 15 is 0 Å². The molecule has 4 aliphatic rings. The van der Waals surface area contributed by atoms with Gasteiger partial charge in [-0.25, -0.2) is 0 Å². The van der Waals surface area contributed by atoms with E-state index in [1.165, 1.54) is 76.1 Å². The molecule has 70 heavy (non-hydrogen) atoms. The second kappa shape index (κ2) is 14.6. The maximum absolute atomic E-state index is 9.11. The summed E-state index contributed by atoms with van der Waals surface area (Å²) in [6.45, 7) is 11.3. The van der Waals surface area contributed by atoms with Crippen molar-refractivity contribution in [2.45, 2.75) is 64.6 Å². The van der Waals surface area contributed by atoms with Gasteiger partial charge in [-0.05, 0) is 156 Å². The number of anilines is 6. The predicted octanol–water partition coefficient (Wildman–Crippen LogP) is 15.9. The lowest BCUT2D eigenvalue weighted by atomic mass is 9.36. The van der Waals surface area contributed by atoms with Gasteiger partial charge >= 0.3 is 0 Å². The molecule has 0 N–H and O–H groups in total. The first kappa shape index (κ1) is 38.5. The lowest BCUT2D eigenvalue weighted by Gasteiger charge is -2.43. The molecule has 0 saturated heterocycles. The van der Waals surface area contributed by atoms with Gasteiger partial charge < -0.3 is 9.80 Å². The zero-order chi connectivity index (χ0) is 49.9. The molecule has 2 aliphatic heterocycles. The highest BCUT2D eigenvalue weighted by molar-refractivity contribution is 7.33. The van der Waals surface area contributed by atoms with Crippen LogP contribution in [-0.4, -0.2) is 6.71 Å². The number of para-hydroxylation sites is 2. The molecule has 1 spiro atoms. The molecular formula is C66H53BN2S. The van der Waals surface area contributed by atoms with Crippen molar-refractivity contribution < 1.29 is 4.11 Å². The van der Waals surface area contributed by atoms with Crippen molar-refractivity contribution in [2.24, 2.45) is 0 Å². The number of nitrogens with zero attached hydrogens (tertiary/aromatic N) is 2. The second-order valence-electron chi connectivity index (χ2n) is 21.8. The van der Waals surface area contributed by atoms with E-state index in [4.69, 9.17) is 4.11 Å². The summed E-state index contributed by atoms with van der Waals surface area (Å²) in [6, 6.07) is 71.1. The second-order valence-corrected chi connectivity index (χ2v) is 22.9. The van der Waals surface area contributed by atoms with Gasteiger partial charge in [0.1, 0.15) is 0 Å². The smallest absolute Gasteiger partial charge is 0.264 e. The third-order valence-corrected chi connectivity index (χ3v) is 17.0. The number of aryl methyl sites for hydroxylation is 1. The standard InChI is InChI=1S/C66H53BN2S/c1-40-35-57-61-58(36-40)69(43-23-12-9-13-24-43)62-48-38-47-46-27-16-19-30-51(46)66(49-28-17-14-25-44(49)45-26-15-18-29-50(45)66)54(47)39-59(48)70-63(62)67(61)55-34-33-41(37-56(55)68(57)42-21-10-8-11-22-42)60-52(64(2,3)4)31-20-32-53(60)65(5,6)7/h8-39H,1-7H3/i1D3. The van der Waals surface area contributed by atoms with Gasteiger partial charge in [-0.15, -0.1) is 11.3 Å². The summed E-state index contributed by atoms with van der Waals surface area (Å²) in [7, 11) is 0. The molecule has 0 atom stereocenters. The topological polar surface area (TPSA) is 6.48 Å². The summed E-state index contributed by atoms with van der Waals surface area (Å²) >= 11 is 1.90. The maximum Gasteiger partial charge on any atom is 0.264 e. The summed E-state index contributed by atoms with van der Waals surface area (Å²) in [5, 5.41) is 1.16. The van der Waals surface area contributed by atoms with E-state index in [-0.39, 0.29) is 17.5 Å². The molecule has 14 rings (SSSR count). The Hall–Kier alpha value is -7.40. The average Bonchev–Trinajstić information content (AvgIpc) is 4.03. The van der Waals surface area contributed by atoms with Gasteiger partial charge in [0.05, 0.1) is 11.1 Å². The first-order valence-corrected chi connectivity index (χ1v) is 25.5. The molecular weight excluding hydrogens is 864 g/mol. The fourth-order valence-electron chi connectivity index (χ4n) is 13.0. The Morgan fingerprint density at radius 1 is 0.486 bits per heavy atom. The normalized spacial score (nSPS) is 15.3. The Morgan fingerprint density at radius 2 is 1.01 bits per heavy atom. The number of thiophene rings is 1. The largest absolute Gasteiger partial charge is 0.311 e. The van der Waals surface area contributed by atoms with Crippen LogP contribution in [0, 0.1) is 6.85 Å². The quantitative estimate of drug-likeness (QED) is 0.163. The summed E-state index contributed by atoms with van der Waals surface area (Å²) < 4.78 is 29.8. The van der Waals surface area contributed by atoms with Crippen LogP contribution in [0.2, 0.25) is 0 Å².